The van der Waals surface area contributed by atoms with Crippen molar-refractivity contribution >= 4 is 0 Å². The van der Waals surface area contributed by atoms with Crippen LogP contribution in [0, 0.1) is 5.41 Å². The Hall–Kier alpha value is -0.160. The molecule has 3 N–H and O–H groups in total. The molecule has 6 atom stereocenters. The van der Waals surface area contributed by atoms with E-state index in [1.165, 1.54) is 44.9 Å². The first-order valence-corrected chi connectivity index (χ1v) is 10.6. The van der Waals surface area contributed by atoms with E-state index < -0.39 is 30.5 Å². The van der Waals surface area contributed by atoms with E-state index in [1.54, 1.807) is 6.92 Å². The average molecular weight is 359 g/mol. The molecule has 1 saturated heterocycles. The maximum atomic E-state index is 10.6. The minimum absolute atomic E-state index is 0.158. The first-order valence-electron chi connectivity index (χ1n) is 10.6. The van der Waals surface area contributed by atoms with Crippen LogP contribution in [0.5, 0.6) is 0 Å². The molecule has 4 unspecified atom stereocenters. The molecule has 1 aliphatic rings. The molecular weight excluding hydrogens is 316 g/mol. The quantitative estimate of drug-likeness (QED) is 0.457. The van der Waals surface area contributed by atoms with Gasteiger partial charge in [0, 0.05) is 0 Å². The van der Waals surface area contributed by atoms with E-state index in [1.807, 2.05) is 0 Å². The van der Waals surface area contributed by atoms with Crippen LogP contribution in [0.4, 0.5) is 0 Å². The van der Waals surface area contributed by atoms with Gasteiger partial charge in [-0.1, -0.05) is 78.6 Å². The molecule has 0 amide bonds. The summed E-state index contributed by atoms with van der Waals surface area (Å²) in [6.07, 6.45) is 8.87. The predicted molar refractivity (Wildman–Crippen MR) is 103 cm³/mol. The SMILES string of the molecule is CCCCCCCC(C)(CCCCCC)[C@@H]1O[C@@H](C)C(O)C(O)C1O. The maximum absolute atomic E-state index is 10.6. The van der Waals surface area contributed by atoms with E-state index in [9.17, 15) is 15.3 Å². The first kappa shape index (κ1) is 22.9. The van der Waals surface area contributed by atoms with E-state index in [-0.39, 0.29) is 5.41 Å². The van der Waals surface area contributed by atoms with Crippen molar-refractivity contribution in [3.8, 4) is 0 Å². The number of hydrogen-bond acceptors (Lipinski definition) is 4. The highest BCUT2D eigenvalue weighted by molar-refractivity contribution is 4.98. The highest BCUT2D eigenvalue weighted by Crippen LogP contribution is 2.41. The lowest BCUT2D eigenvalue weighted by Gasteiger charge is -2.48. The summed E-state index contributed by atoms with van der Waals surface area (Å²) in [5, 5.41) is 30.8. The lowest BCUT2D eigenvalue weighted by atomic mass is 9.71. The number of unbranched alkanes of at least 4 members (excludes halogenated alkanes) is 7. The Kier molecular flexibility index (Phi) is 10.6. The molecule has 1 heterocycles. The molecule has 4 nitrogen and oxygen atoms in total. The van der Waals surface area contributed by atoms with Gasteiger partial charge in [-0.05, 0) is 25.2 Å². The van der Waals surface area contributed by atoms with E-state index in [4.69, 9.17) is 4.74 Å². The molecule has 1 rings (SSSR count). The van der Waals surface area contributed by atoms with Crippen molar-refractivity contribution in [2.24, 2.45) is 5.41 Å². The standard InChI is InChI=1S/C21H42O4/c1-5-7-9-11-13-15-21(4,14-12-10-8-6-2)20-19(24)18(23)17(22)16(3)25-20/h16-20,22-24H,5-15H2,1-4H3/t16-,17?,18?,19?,20+,21?/m0/s1. The van der Waals surface area contributed by atoms with Crippen molar-refractivity contribution in [2.45, 2.75) is 129 Å². The molecule has 25 heavy (non-hydrogen) atoms. The first-order chi connectivity index (χ1) is 11.9. The molecule has 0 spiro atoms. The van der Waals surface area contributed by atoms with Crippen LogP contribution in [0.2, 0.25) is 0 Å². The summed E-state index contributed by atoms with van der Waals surface area (Å²) in [5.74, 6) is 0. The topological polar surface area (TPSA) is 69.9 Å². The van der Waals surface area contributed by atoms with Crippen LogP contribution in [0.15, 0.2) is 0 Å². The fraction of sp³-hybridized carbons (Fsp3) is 1.00. The van der Waals surface area contributed by atoms with Gasteiger partial charge in [0.25, 0.3) is 0 Å². The highest BCUT2D eigenvalue weighted by Gasteiger charge is 2.49. The number of rotatable bonds is 12. The van der Waals surface area contributed by atoms with Gasteiger partial charge in [0.2, 0.25) is 0 Å². The Morgan fingerprint density at radius 2 is 1.20 bits per heavy atom. The Balaban J connectivity index is 2.73. The minimum atomic E-state index is -1.12. The summed E-state index contributed by atoms with van der Waals surface area (Å²) in [6, 6.07) is 0. The number of aliphatic hydroxyl groups excluding tert-OH is 3. The molecule has 0 aliphatic carbocycles. The predicted octanol–water partition coefficient (Wildman–Crippen LogP) is 4.19. The molecule has 0 aromatic heterocycles. The highest BCUT2D eigenvalue weighted by atomic mass is 16.5. The second-order valence-electron chi connectivity index (χ2n) is 8.36. The van der Waals surface area contributed by atoms with Gasteiger partial charge < -0.3 is 20.1 Å². The van der Waals surface area contributed by atoms with Crippen LogP contribution < -0.4 is 0 Å². The van der Waals surface area contributed by atoms with Gasteiger partial charge in [-0.3, -0.25) is 0 Å². The third-order valence-corrected chi connectivity index (χ3v) is 5.99. The third kappa shape index (κ3) is 6.82. The van der Waals surface area contributed by atoms with Gasteiger partial charge in [-0.15, -0.1) is 0 Å². The maximum Gasteiger partial charge on any atom is 0.111 e. The summed E-state index contributed by atoms with van der Waals surface area (Å²) < 4.78 is 6.02. The molecule has 150 valence electrons. The molecule has 4 heteroatoms. The van der Waals surface area contributed by atoms with E-state index in [0.717, 1.165) is 25.7 Å². The Morgan fingerprint density at radius 3 is 1.72 bits per heavy atom. The smallest absolute Gasteiger partial charge is 0.111 e. The molecule has 0 aromatic carbocycles. The van der Waals surface area contributed by atoms with Crippen molar-refractivity contribution in [1.29, 1.82) is 0 Å². The molecule has 0 saturated carbocycles. The van der Waals surface area contributed by atoms with Crippen LogP contribution in [0.25, 0.3) is 0 Å². The van der Waals surface area contributed by atoms with Gasteiger partial charge in [0.05, 0.1) is 12.2 Å². The van der Waals surface area contributed by atoms with Crippen LogP contribution >= 0.6 is 0 Å². The normalized spacial score (nSPS) is 32.5. The Labute approximate surface area is 155 Å². The lowest BCUT2D eigenvalue weighted by Crippen LogP contribution is -2.61. The zero-order valence-electron chi connectivity index (χ0n) is 16.9. The lowest BCUT2D eigenvalue weighted by molar-refractivity contribution is -0.246. The summed E-state index contributed by atoms with van der Waals surface area (Å²) in [5.41, 5.74) is -0.158. The zero-order valence-corrected chi connectivity index (χ0v) is 16.9. The zero-order chi connectivity index (χ0) is 18.9. The number of hydrogen-bond donors (Lipinski definition) is 3. The summed E-state index contributed by atoms with van der Waals surface area (Å²) in [6.45, 7) is 8.41. The number of ether oxygens (including phenoxy) is 1. The van der Waals surface area contributed by atoms with Crippen molar-refractivity contribution in [2.75, 3.05) is 0 Å². The Morgan fingerprint density at radius 1 is 0.720 bits per heavy atom. The van der Waals surface area contributed by atoms with Crippen molar-refractivity contribution in [3.05, 3.63) is 0 Å². The van der Waals surface area contributed by atoms with Crippen LogP contribution in [-0.2, 0) is 4.74 Å². The van der Waals surface area contributed by atoms with Gasteiger partial charge >= 0.3 is 0 Å². The van der Waals surface area contributed by atoms with Crippen molar-refractivity contribution in [1.82, 2.24) is 0 Å². The van der Waals surface area contributed by atoms with Gasteiger partial charge in [-0.25, -0.2) is 0 Å². The second kappa shape index (κ2) is 11.5. The van der Waals surface area contributed by atoms with E-state index >= 15 is 0 Å². The molecule has 1 fully saturated rings. The van der Waals surface area contributed by atoms with Crippen LogP contribution in [0.1, 0.15) is 98.3 Å². The van der Waals surface area contributed by atoms with E-state index in [0.29, 0.717) is 0 Å². The summed E-state index contributed by atoms with van der Waals surface area (Å²) >= 11 is 0. The van der Waals surface area contributed by atoms with Crippen molar-refractivity contribution < 1.29 is 20.1 Å². The minimum Gasteiger partial charge on any atom is -0.388 e. The van der Waals surface area contributed by atoms with E-state index in [2.05, 4.69) is 20.8 Å². The van der Waals surface area contributed by atoms with Crippen LogP contribution in [0.3, 0.4) is 0 Å². The summed E-state index contributed by atoms with van der Waals surface area (Å²) in [7, 11) is 0. The average Bonchev–Trinajstić information content (AvgIpc) is 2.60. The largest absolute Gasteiger partial charge is 0.388 e. The Bertz CT molecular complexity index is 349. The third-order valence-electron chi connectivity index (χ3n) is 5.99. The summed E-state index contributed by atoms with van der Waals surface area (Å²) in [4.78, 5) is 0. The fourth-order valence-electron chi connectivity index (χ4n) is 4.13. The van der Waals surface area contributed by atoms with Crippen LogP contribution in [-0.4, -0.2) is 45.8 Å². The van der Waals surface area contributed by atoms with Gasteiger partial charge in [0.1, 0.15) is 18.3 Å². The second-order valence-corrected chi connectivity index (χ2v) is 8.36. The van der Waals surface area contributed by atoms with Crippen molar-refractivity contribution in [3.63, 3.8) is 0 Å². The molecule has 0 aromatic rings. The van der Waals surface area contributed by atoms with Gasteiger partial charge in [0.15, 0.2) is 0 Å². The van der Waals surface area contributed by atoms with Gasteiger partial charge in [-0.2, -0.15) is 0 Å². The number of aliphatic hydroxyl groups is 3. The molecule has 0 bridgehead atoms. The molecule has 1 aliphatic heterocycles. The molecular formula is C21H42O4. The monoisotopic (exact) mass is 358 g/mol. The molecule has 0 radical (unpaired) electrons. The fourth-order valence-corrected chi connectivity index (χ4v) is 4.13.